The summed E-state index contributed by atoms with van der Waals surface area (Å²) < 4.78 is 5.11. The number of hydrogen-bond acceptors (Lipinski definition) is 4. The lowest BCUT2D eigenvalue weighted by Crippen LogP contribution is -2.02. The van der Waals surface area contributed by atoms with E-state index in [-0.39, 0.29) is 23.1 Å². The minimum absolute atomic E-state index is 0.0112. The molecule has 1 aromatic rings. The van der Waals surface area contributed by atoms with Gasteiger partial charge in [-0.1, -0.05) is 26.0 Å². The van der Waals surface area contributed by atoms with E-state index in [1.54, 1.807) is 30.3 Å². The number of allylic oxidation sites excluding steroid dienone is 1. The first kappa shape index (κ1) is 14.7. The van der Waals surface area contributed by atoms with Gasteiger partial charge < -0.3 is 4.74 Å². The molecule has 0 unspecified atom stereocenters. The van der Waals surface area contributed by atoms with Crippen LogP contribution in [-0.4, -0.2) is 11.5 Å². The number of nitrogens with zero attached hydrogens (tertiary/aromatic N) is 2. The van der Waals surface area contributed by atoms with Gasteiger partial charge in [0.05, 0.1) is 4.92 Å². The van der Waals surface area contributed by atoms with Crippen molar-refractivity contribution in [3.05, 3.63) is 45.6 Å². The Bertz CT molecular complexity index is 498. The molecule has 0 saturated heterocycles. The Morgan fingerprint density at radius 2 is 2.11 bits per heavy atom. The second-order valence-corrected chi connectivity index (χ2v) is 4.51. The first-order valence-corrected chi connectivity index (χ1v) is 5.97. The van der Waals surface area contributed by atoms with Crippen LogP contribution in [0.3, 0.4) is 0 Å². The van der Waals surface area contributed by atoms with E-state index >= 15 is 0 Å². The molecule has 1 aromatic carbocycles. The lowest BCUT2D eigenvalue weighted by Gasteiger charge is -2.03. The number of ether oxygens (including phenoxy) is 1. The van der Waals surface area contributed by atoms with E-state index in [4.69, 9.17) is 10.00 Å². The lowest BCUT2D eigenvalue weighted by atomic mass is 10.1. The molecular formula is C14H16N2O3. The second kappa shape index (κ2) is 7.17. The first-order valence-electron chi connectivity index (χ1n) is 5.97. The molecule has 0 heterocycles. The van der Waals surface area contributed by atoms with E-state index < -0.39 is 0 Å². The van der Waals surface area contributed by atoms with Crippen molar-refractivity contribution in [3.8, 4) is 11.8 Å². The van der Waals surface area contributed by atoms with Gasteiger partial charge >= 0.3 is 0 Å². The Morgan fingerprint density at radius 1 is 1.47 bits per heavy atom. The standard InChI is InChI=1S/C14H16N2O3/c1-11(2)9-13(16(17)18)10-12-3-5-14(6-4-12)19-8-7-15/h3-6,10-11H,8-9H2,1-2H3. The van der Waals surface area contributed by atoms with Crippen LogP contribution in [0.2, 0.25) is 0 Å². The third kappa shape index (κ3) is 5.21. The van der Waals surface area contributed by atoms with Crippen LogP contribution >= 0.6 is 0 Å². The molecule has 0 aromatic heterocycles. The summed E-state index contributed by atoms with van der Waals surface area (Å²) >= 11 is 0. The Labute approximate surface area is 112 Å². The molecule has 19 heavy (non-hydrogen) atoms. The second-order valence-electron chi connectivity index (χ2n) is 4.51. The predicted octanol–water partition coefficient (Wildman–Crippen LogP) is 3.25. The van der Waals surface area contributed by atoms with Gasteiger partial charge in [-0.15, -0.1) is 0 Å². The normalized spacial score (nSPS) is 11.2. The molecule has 1 rings (SSSR count). The molecule has 0 N–H and O–H groups in total. The highest BCUT2D eigenvalue weighted by Gasteiger charge is 2.12. The summed E-state index contributed by atoms with van der Waals surface area (Å²) in [6.07, 6.45) is 1.99. The van der Waals surface area contributed by atoms with Crippen LogP contribution in [0.15, 0.2) is 30.0 Å². The summed E-state index contributed by atoms with van der Waals surface area (Å²) in [7, 11) is 0. The maximum atomic E-state index is 10.9. The van der Waals surface area contributed by atoms with Gasteiger partial charge in [0.15, 0.2) is 6.61 Å². The van der Waals surface area contributed by atoms with Gasteiger partial charge in [-0.2, -0.15) is 5.26 Å². The SMILES string of the molecule is CC(C)CC(=Cc1ccc(OCC#N)cc1)[N+](=O)[O-]. The van der Waals surface area contributed by atoms with Gasteiger partial charge in [-0.05, 0) is 23.6 Å². The topological polar surface area (TPSA) is 76.2 Å². The Hall–Kier alpha value is -2.35. The quantitative estimate of drug-likeness (QED) is 0.581. The summed E-state index contributed by atoms with van der Waals surface area (Å²) in [6, 6.07) is 8.72. The number of rotatable bonds is 6. The van der Waals surface area contributed by atoms with Gasteiger partial charge in [0.1, 0.15) is 11.8 Å². The van der Waals surface area contributed by atoms with Gasteiger partial charge in [-0.25, -0.2) is 0 Å². The molecule has 0 aliphatic carbocycles. The Balaban J connectivity index is 2.84. The molecule has 0 fully saturated rings. The third-order valence-corrected chi connectivity index (χ3v) is 2.37. The van der Waals surface area contributed by atoms with Gasteiger partial charge in [0, 0.05) is 12.5 Å². The number of hydrogen-bond donors (Lipinski definition) is 0. The van der Waals surface area contributed by atoms with E-state index in [9.17, 15) is 10.1 Å². The van der Waals surface area contributed by atoms with Crippen molar-refractivity contribution in [1.29, 1.82) is 5.26 Å². The fraction of sp³-hybridized carbons (Fsp3) is 0.357. The van der Waals surface area contributed by atoms with E-state index in [0.29, 0.717) is 12.2 Å². The Morgan fingerprint density at radius 3 is 2.58 bits per heavy atom. The van der Waals surface area contributed by atoms with Gasteiger partial charge in [0.25, 0.3) is 0 Å². The predicted molar refractivity (Wildman–Crippen MR) is 72.0 cm³/mol. The van der Waals surface area contributed by atoms with Crippen LogP contribution in [0, 0.1) is 27.4 Å². The van der Waals surface area contributed by atoms with E-state index in [1.807, 2.05) is 19.9 Å². The van der Waals surface area contributed by atoms with Crippen LogP contribution < -0.4 is 4.74 Å². The van der Waals surface area contributed by atoms with E-state index in [1.165, 1.54) is 0 Å². The summed E-state index contributed by atoms with van der Waals surface area (Å²) in [5, 5.41) is 19.3. The Kier molecular flexibility index (Phi) is 5.55. The molecule has 100 valence electrons. The summed E-state index contributed by atoms with van der Waals surface area (Å²) in [5.41, 5.74) is 0.942. The minimum Gasteiger partial charge on any atom is -0.479 e. The summed E-state index contributed by atoms with van der Waals surface area (Å²) in [6.45, 7) is 3.87. The van der Waals surface area contributed by atoms with Crippen molar-refractivity contribution in [3.63, 3.8) is 0 Å². The zero-order valence-corrected chi connectivity index (χ0v) is 11.0. The number of nitriles is 1. The van der Waals surface area contributed by atoms with Crippen molar-refractivity contribution in [2.24, 2.45) is 5.92 Å². The fourth-order valence-electron chi connectivity index (χ4n) is 1.57. The average Bonchev–Trinajstić information content (AvgIpc) is 2.36. The van der Waals surface area contributed by atoms with Crippen LogP contribution in [-0.2, 0) is 0 Å². The smallest absolute Gasteiger partial charge is 0.247 e. The highest BCUT2D eigenvalue weighted by atomic mass is 16.6. The van der Waals surface area contributed by atoms with Crippen molar-refractivity contribution >= 4 is 6.08 Å². The van der Waals surface area contributed by atoms with Crippen molar-refractivity contribution < 1.29 is 9.66 Å². The lowest BCUT2D eigenvalue weighted by molar-refractivity contribution is -0.427. The monoisotopic (exact) mass is 260 g/mol. The van der Waals surface area contributed by atoms with Gasteiger partial charge in [0.2, 0.25) is 5.70 Å². The molecule has 0 bridgehead atoms. The highest BCUT2D eigenvalue weighted by Crippen LogP contribution is 2.18. The molecular weight excluding hydrogens is 244 g/mol. The van der Waals surface area contributed by atoms with Crippen molar-refractivity contribution in [2.45, 2.75) is 20.3 Å². The van der Waals surface area contributed by atoms with Crippen molar-refractivity contribution in [1.82, 2.24) is 0 Å². The number of benzene rings is 1. The molecule has 0 aliphatic heterocycles. The molecule has 0 saturated carbocycles. The largest absolute Gasteiger partial charge is 0.479 e. The minimum atomic E-state index is -0.347. The highest BCUT2D eigenvalue weighted by molar-refractivity contribution is 5.52. The summed E-state index contributed by atoms with van der Waals surface area (Å²) in [4.78, 5) is 10.6. The molecule has 0 atom stereocenters. The van der Waals surface area contributed by atoms with Crippen LogP contribution in [0.4, 0.5) is 0 Å². The first-order chi connectivity index (χ1) is 9.02. The molecule has 5 heteroatoms. The zero-order chi connectivity index (χ0) is 14.3. The molecule has 0 aliphatic rings. The molecule has 0 spiro atoms. The fourth-order valence-corrected chi connectivity index (χ4v) is 1.57. The average molecular weight is 260 g/mol. The van der Waals surface area contributed by atoms with E-state index in [0.717, 1.165) is 5.56 Å². The van der Waals surface area contributed by atoms with Gasteiger partial charge in [-0.3, -0.25) is 10.1 Å². The van der Waals surface area contributed by atoms with Crippen LogP contribution in [0.25, 0.3) is 6.08 Å². The zero-order valence-electron chi connectivity index (χ0n) is 11.0. The molecule has 5 nitrogen and oxygen atoms in total. The van der Waals surface area contributed by atoms with Crippen LogP contribution in [0.5, 0.6) is 5.75 Å². The van der Waals surface area contributed by atoms with E-state index in [2.05, 4.69) is 0 Å². The maximum absolute atomic E-state index is 10.9. The van der Waals surface area contributed by atoms with Crippen molar-refractivity contribution in [2.75, 3.05) is 6.61 Å². The molecule has 0 amide bonds. The molecule has 0 radical (unpaired) electrons. The summed E-state index contributed by atoms with van der Waals surface area (Å²) in [5.74, 6) is 0.806. The third-order valence-electron chi connectivity index (χ3n) is 2.37. The number of nitro groups is 1. The van der Waals surface area contributed by atoms with Crippen LogP contribution in [0.1, 0.15) is 25.8 Å². The maximum Gasteiger partial charge on any atom is 0.247 e.